The number of carboxylic acids is 1. The van der Waals surface area contributed by atoms with Crippen molar-refractivity contribution in [2.75, 3.05) is 39.3 Å². The number of fused-ring (bicyclic) bond motifs is 1. The van der Waals surface area contributed by atoms with Crippen LogP contribution in [0.15, 0.2) is 0 Å². The zero-order valence-electron chi connectivity index (χ0n) is 10.3. The van der Waals surface area contributed by atoms with Gasteiger partial charge in [0.25, 0.3) is 0 Å². The van der Waals surface area contributed by atoms with Crippen LogP contribution in [0, 0.1) is 17.8 Å². The molecule has 3 aliphatic rings. The van der Waals surface area contributed by atoms with Crippen LogP contribution < -0.4 is 0 Å². The number of carbonyl (C=O) groups is 1. The minimum Gasteiger partial charge on any atom is -0.481 e. The van der Waals surface area contributed by atoms with Gasteiger partial charge in [0.2, 0.25) is 0 Å². The van der Waals surface area contributed by atoms with Gasteiger partial charge in [0.1, 0.15) is 0 Å². The lowest BCUT2D eigenvalue weighted by atomic mass is 10.1. The quantitative estimate of drug-likeness (QED) is 0.784. The van der Waals surface area contributed by atoms with E-state index in [0.717, 1.165) is 19.6 Å². The van der Waals surface area contributed by atoms with Crippen LogP contribution >= 0.6 is 0 Å². The van der Waals surface area contributed by atoms with Crippen molar-refractivity contribution < 1.29 is 9.90 Å². The van der Waals surface area contributed by atoms with Crippen LogP contribution in [0.25, 0.3) is 0 Å². The van der Waals surface area contributed by atoms with E-state index in [1.807, 2.05) is 0 Å². The lowest BCUT2D eigenvalue weighted by Gasteiger charge is -2.29. The largest absolute Gasteiger partial charge is 0.481 e. The molecule has 0 bridgehead atoms. The van der Waals surface area contributed by atoms with Gasteiger partial charge in [-0.15, -0.1) is 0 Å². The maximum absolute atomic E-state index is 10.9. The third-order valence-electron chi connectivity index (χ3n) is 4.74. The van der Waals surface area contributed by atoms with Crippen LogP contribution in [0.2, 0.25) is 0 Å². The predicted molar refractivity (Wildman–Crippen MR) is 64.8 cm³/mol. The summed E-state index contributed by atoms with van der Waals surface area (Å²) in [5.74, 6) is 0.347. The average molecular weight is 238 g/mol. The molecule has 2 saturated heterocycles. The molecule has 0 aromatic rings. The Bertz CT molecular complexity index is 290. The van der Waals surface area contributed by atoms with Gasteiger partial charge in [-0.05, 0) is 37.8 Å². The molecule has 3 rings (SSSR count). The molecule has 0 aromatic heterocycles. The molecule has 17 heavy (non-hydrogen) atoms. The Balaban J connectivity index is 1.37. The fraction of sp³-hybridized carbons (Fsp3) is 0.923. The van der Waals surface area contributed by atoms with E-state index in [1.54, 1.807) is 0 Å². The standard InChI is InChI=1S/C13H22N2O2/c16-13(17)12-10-8-15(9-11(10)12)7-6-14-4-2-1-3-5-14/h10-12H,1-9H2,(H,16,17). The van der Waals surface area contributed by atoms with Gasteiger partial charge in [-0.2, -0.15) is 0 Å². The molecule has 0 amide bonds. The smallest absolute Gasteiger partial charge is 0.307 e. The molecule has 4 heteroatoms. The summed E-state index contributed by atoms with van der Waals surface area (Å²) in [6.07, 6.45) is 4.10. The number of nitrogens with zero attached hydrogens (tertiary/aromatic N) is 2. The maximum Gasteiger partial charge on any atom is 0.307 e. The van der Waals surface area contributed by atoms with E-state index < -0.39 is 5.97 Å². The van der Waals surface area contributed by atoms with E-state index in [9.17, 15) is 4.79 Å². The molecule has 0 radical (unpaired) electrons. The SMILES string of the molecule is O=C(O)C1C2CN(CCN3CCCCC3)CC21. The Hall–Kier alpha value is -0.610. The first-order valence-electron chi connectivity index (χ1n) is 6.93. The highest BCUT2D eigenvalue weighted by Crippen LogP contribution is 2.51. The monoisotopic (exact) mass is 238 g/mol. The molecule has 96 valence electrons. The highest BCUT2D eigenvalue weighted by atomic mass is 16.4. The van der Waals surface area contributed by atoms with Crippen LogP contribution in [0.5, 0.6) is 0 Å². The minimum atomic E-state index is -0.573. The molecular formula is C13H22N2O2. The Kier molecular flexibility index (Phi) is 3.09. The number of hydrogen-bond donors (Lipinski definition) is 1. The van der Waals surface area contributed by atoms with Crippen LogP contribution in [-0.2, 0) is 4.79 Å². The number of rotatable bonds is 4. The highest BCUT2D eigenvalue weighted by molar-refractivity contribution is 5.74. The summed E-state index contributed by atoms with van der Waals surface area (Å²) in [4.78, 5) is 15.9. The van der Waals surface area contributed by atoms with Crippen molar-refractivity contribution >= 4 is 5.97 Å². The summed E-state index contributed by atoms with van der Waals surface area (Å²) < 4.78 is 0. The highest BCUT2D eigenvalue weighted by Gasteiger charge is 2.59. The number of aliphatic carboxylic acids is 1. The molecule has 0 aromatic carbocycles. The van der Waals surface area contributed by atoms with Crippen molar-refractivity contribution in [2.45, 2.75) is 19.3 Å². The van der Waals surface area contributed by atoms with E-state index in [2.05, 4.69) is 9.80 Å². The fourth-order valence-corrected chi connectivity index (χ4v) is 3.63. The second-order valence-electron chi connectivity index (χ2n) is 5.85. The summed E-state index contributed by atoms with van der Waals surface area (Å²) in [5, 5.41) is 8.95. The van der Waals surface area contributed by atoms with E-state index >= 15 is 0 Å². The van der Waals surface area contributed by atoms with Crippen molar-refractivity contribution in [3.8, 4) is 0 Å². The van der Waals surface area contributed by atoms with Crippen molar-refractivity contribution in [2.24, 2.45) is 17.8 Å². The zero-order chi connectivity index (χ0) is 11.8. The molecule has 2 heterocycles. The molecule has 1 N–H and O–H groups in total. The summed E-state index contributed by atoms with van der Waals surface area (Å²) in [5.41, 5.74) is 0. The van der Waals surface area contributed by atoms with Crippen LogP contribution in [0.3, 0.4) is 0 Å². The Morgan fingerprint density at radius 2 is 1.59 bits per heavy atom. The minimum absolute atomic E-state index is 0.0127. The molecule has 3 fully saturated rings. The summed E-state index contributed by atoms with van der Waals surface area (Å²) in [7, 11) is 0. The van der Waals surface area contributed by atoms with Crippen molar-refractivity contribution in [3.63, 3.8) is 0 Å². The summed E-state index contributed by atoms with van der Waals surface area (Å²) >= 11 is 0. The topological polar surface area (TPSA) is 43.8 Å². The van der Waals surface area contributed by atoms with Crippen molar-refractivity contribution in [1.82, 2.24) is 9.80 Å². The van der Waals surface area contributed by atoms with Crippen LogP contribution in [-0.4, -0.2) is 60.1 Å². The lowest BCUT2D eigenvalue weighted by Crippen LogP contribution is -2.38. The molecule has 1 aliphatic carbocycles. The van der Waals surface area contributed by atoms with Gasteiger partial charge in [0, 0.05) is 26.2 Å². The van der Waals surface area contributed by atoms with Gasteiger partial charge < -0.3 is 14.9 Å². The van der Waals surface area contributed by atoms with E-state index in [0.29, 0.717) is 11.8 Å². The second-order valence-corrected chi connectivity index (χ2v) is 5.85. The van der Waals surface area contributed by atoms with Gasteiger partial charge in [-0.1, -0.05) is 6.42 Å². The fourth-order valence-electron chi connectivity index (χ4n) is 3.63. The van der Waals surface area contributed by atoms with Gasteiger partial charge in [-0.3, -0.25) is 4.79 Å². The number of carboxylic acid groups (broad SMARTS) is 1. The molecule has 4 nitrogen and oxygen atoms in total. The summed E-state index contributed by atoms with van der Waals surface area (Å²) in [6, 6.07) is 0. The first kappa shape index (κ1) is 11.5. The molecule has 2 aliphatic heterocycles. The summed E-state index contributed by atoms with van der Waals surface area (Å²) in [6.45, 7) is 6.89. The molecule has 2 unspecified atom stereocenters. The maximum atomic E-state index is 10.9. The molecular weight excluding hydrogens is 216 g/mol. The second kappa shape index (κ2) is 4.58. The van der Waals surface area contributed by atoms with Crippen LogP contribution in [0.4, 0.5) is 0 Å². The van der Waals surface area contributed by atoms with E-state index in [4.69, 9.17) is 5.11 Å². The van der Waals surface area contributed by atoms with Crippen LogP contribution in [0.1, 0.15) is 19.3 Å². The number of piperidine rings is 2. The first-order valence-corrected chi connectivity index (χ1v) is 6.93. The van der Waals surface area contributed by atoms with E-state index in [1.165, 1.54) is 38.9 Å². The Morgan fingerprint density at radius 3 is 2.18 bits per heavy atom. The number of likely N-dealkylation sites (tertiary alicyclic amines) is 2. The first-order chi connectivity index (χ1) is 8.25. The third-order valence-corrected chi connectivity index (χ3v) is 4.74. The molecule has 2 atom stereocenters. The van der Waals surface area contributed by atoms with Gasteiger partial charge >= 0.3 is 5.97 Å². The molecule has 0 spiro atoms. The lowest BCUT2D eigenvalue weighted by molar-refractivity contribution is -0.139. The normalized spacial score (nSPS) is 38.0. The Morgan fingerprint density at radius 1 is 1.00 bits per heavy atom. The average Bonchev–Trinajstić information content (AvgIpc) is 2.86. The molecule has 1 saturated carbocycles. The Labute approximate surface area is 103 Å². The van der Waals surface area contributed by atoms with Gasteiger partial charge in [0.05, 0.1) is 5.92 Å². The third kappa shape index (κ3) is 2.33. The van der Waals surface area contributed by atoms with E-state index in [-0.39, 0.29) is 5.92 Å². The van der Waals surface area contributed by atoms with Crippen molar-refractivity contribution in [1.29, 1.82) is 0 Å². The van der Waals surface area contributed by atoms with Crippen molar-refractivity contribution in [3.05, 3.63) is 0 Å². The van der Waals surface area contributed by atoms with Gasteiger partial charge in [-0.25, -0.2) is 0 Å². The zero-order valence-corrected chi connectivity index (χ0v) is 10.3. The number of hydrogen-bond acceptors (Lipinski definition) is 3. The van der Waals surface area contributed by atoms with Gasteiger partial charge in [0.15, 0.2) is 0 Å². The predicted octanol–water partition coefficient (Wildman–Crippen LogP) is 0.735.